The monoisotopic (exact) mass is 427 g/mol. The Hall–Kier alpha value is -2.83. The second-order valence-corrected chi connectivity index (χ2v) is 11.1. The Bertz CT molecular complexity index is 1100. The fraction of sp³-hybridized carbons (Fsp3) is 0.500. The Balaban J connectivity index is 2.01. The summed E-state index contributed by atoms with van der Waals surface area (Å²) >= 11 is 0. The molecule has 0 saturated carbocycles. The van der Waals surface area contributed by atoms with Crippen molar-refractivity contribution >= 4 is 23.1 Å². The second-order valence-electron chi connectivity index (χ2n) is 11.1. The van der Waals surface area contributed by atoms with Gasteiger partial charge in [-0.1, -0.05) is 47.6 Å². The molecule has 1 aromatic carbocycles. The summed E-state index contributed by atoms with van der Waals surface area (Å²) in [5, 5.41) is 10.9. The van der Waals surface area contributed by atoms with Crippen molar-refractivity contribution in [3.63, 3.8) is 0 Å². The zero-order chi connectivity index (χ0) is 23.2. The number of hydrogen-bond donors (Lipinski definition) is 3. The van der Waals surface area contributed by atoms with Gasteiger partial charge in [-0.15, -0.1) is 0 Å². The van der Waals surface area contributed by atoms with E-state index in [-0.39, 0.29) is 22.3 Å². The molecule has 3 N–H and O–H groups in total. The Morgan fingerprint density at radius 2 is 1.81 bits per heavy atom. The van der Waals surface area contributed by atoms with Gasteiger partial charge in [0.05, 0.1) is 11.9 Å². The lowest BCUT2D eigenvalue weighted by Gasteiger charge is -2.34. The number of amides is 1. The van der Waals surface area contributed by atoms with E-state index in [2.05, 4.69) is 76.1 Å². The van der Waals surface area contributed by atoms with Crippen molar-refractivity contribution < 1.29 is 9.18 Å². The molecular formula is C24H34FN5O. The third kappa shape index (κ3) is 5.27. The average molecular weight is 428 g/mol. The van der Waals surface area contributed by atoms with Crippen LogP contribution in [0.1, 0.15) is 77.9 Å². The van der Waals surface area contributed by atoms with E-state index in [4.69, 9.17) is 0 Å². The Labute approximate surface area is 183 Å². The van der Waals surface area contributed by atoms with Crippen LogP contribution in [-0.2, 0) is 5.41 Å². The van der Waals surface area contributed by atoms with Crippen LogP contribution < -0.4 is 10.6 Å². The van der Waals surface area contributed by atoms with E-state index in [9.17, 15) is 9.18 Å². The first kappa shape index (κ1) is 22.8. The highest BCUT2D eigenvalue weighted by Gasteiger charge is 2.32. The van der Waals surface area contributed by atoms with E-state index in [1.165, 1.54) is 18.3 Å². The molecule has 0 spiro atoms. The van der Waals surface area contributed by atoms with Gasteiger partial charge in [-0.25, -0.2) is 4.39 Å². The summed E-state index contributed by atoms with van der Waals surface area (Å²) in [5.41, 5.74) is 2.13. The molecule has 2 heterocycles. The summed E-state index contributed by atoms with van der Waals surface area (Å²) in [6.45, 7) is 17.4. The smallest absolute Gasteiger partial charge is 0.261 e. The number of imidazole rings is 1. The highest BCUT2D eigenvalue weighted by molar-refractivity contribution is 6.08. The minimum atomic E-state index is -0.402. The van der Waals surface area contributed by atoms with Crippen LogP contribution in [0.2, 0.25) is 0 Å². The van der Waals surface area contributed by atoms with Crippen LogP contribution in [0.3, 0.4) is 0 Å². The normalized spacial score (nSPS) is 12.9. The van der Waals surface area contributed by atoms with Crippen LogP contribution in [-0.4, -0.2) is 26.0 Å². The summed E-state index contributed by atoms with van der Waals surface area (Å²) in [7, 11) is 0. The minimum absolute atomic E-state index is 0.147. The van der Waals surface area contributed by atoms with Gasteiger partial charge in [0.25, 0.3) is 5.91 Å². The molecule has 0 saturated heterocycles. The number of halogens is 1. The van der Waals surface area contributed by atoms with Gasteiger partial charge in [0.15, 0.2) is 0 Å². The minimum Gasteiger partial charge on any atom is -0.364 e. The number of aromatic amines is 1. The van der Waals surface area contributed by atoms with Crippen LogP contribution in [0.15, 0.2) is 30.5 Å². The first-order valence-electron chi connectivity index (χ1n) is 10.6. The maximum absolute atomic E-state index is 13.5. The first-order valence-corrected chi connectivity index (χ1v) is 10.6. The number of anilines is 2. The standard InChI is InChI=1S/C24H34FN5O/c1-22(2,3)14-24(7,8)29-20-18(23(4,5)6)28-19-17(13-26-30(19)20)21(31)27-16-11-9-10-15(25)12-16/h9-13,28-29H,14H2,1-8H3,(H,27,31). The zero-order valence-corrected chi connectivity index (χ0v) is 19.8. The number of H-pyrrole nitrogens is 1. The summed E-state index contributed by atoms with van der Waals surface area (Å²) in [4.78, 5) is 16.3. The molecule has 0 aliphatic carbocycles. The molecule has 3 aromatic rings. The molecule has 0 bridgehead atoms. The largest absolute Gasteiger partial charge is 0.364 e. The molecule has 1 amide bonds. The third-order valence-corrected chi connectivity index (χ3v) is 4.97. The summed E-state index contributed by atoms with van der Waals surface area (Å²) in [6.07, 6.45) is 2.49. The van der Waals surface area contributed by atoms with Crippen molar-refractivity contribution in [3.05, 3.63) is 47.5 Å². The fourth-order valence-corrected chi connectivity index (χ4v) is 4.20. The van der Waals surface area contributed by atoms with E-state index in [1.54, 1.807) is 16.6 Å². The predicted octanol–water partition coefficient (Wildman–Crippen LogP) is 5.98. The Morgan fingerprint density at radius 1 is 1.13 bits per heavy atom. The molecule has 31 heavy (non-hydrogen) atoms. The van der Waals surface area contributed by atoms with Crippen molar-refractivity contribution in [1.82, 2.24) is 14.6 Å². The van der Waals surface area contributed by atoms with Gasteiger partial charge < -0.3 is 15.6 Å². The Kier molecular flexibility index (Phi) is 5.67. The lowest BCUT2D eigenvalue weighted by Crippen LogP contribution is -2.36. The van der Waals surface area contributed by atoms with Crippen molar-refractivity contribution in [1.29, 1.82) is 0 Å². The fourth-order valence-electron chi connectivity index (χ4n) is 4.20. The van der Waals surface area contributed by atoms with E-state index in [0.717, 1.165) is 17.9 Å². The molecule has 0 unspecified atom stereocenters. The molecular weight excluding hydrogens is 393 g/mol. The molecule has 0 aliphatic heterocycles. The van der Waals surface area contributed by atoms with Gasteiger partial charge in [-0.3, -0.25) is 4.79 Å². The average Bonchev–Trinajstić information content (AvgIpc) is 3.12. The van der Waals surface area contributed by atoms with Gasteiger partial charge in [-0.05, 0) is 43.9 Å². The Morgan fingerprint density at radius 3 is 2.39 bits per heavy atom. The van der Waals surface area contributed by atoms with Crippen molar-refractivity contribution in [2.75, 3.05) is 10.6 Å². The number of nitrogens with zero attached hydrogens (tertiary/aromatic N) is 2. The van der Waals surface area contributed by atoms with E-state index in [1.807, 2.05) is 0 Å². The van der Waals surface area contributed by atoms with Gasteiger partial charge in [0, 0.05) is 16.6 Å². The molecule has 2 aromatic heterocycles. The number of benzene rings is 1. The first-order chi connectivity index (χ1) is 14.2. The molecule has 0 atom stereocenters. The third-order valence-electron chi connectivity index (χ3n) is 4.97. The zero-order valence-electron chi connectivity index (χ0n) is 19.8. The SMILES string of the molecule is CC(C)(C)CC(C)(C)Nc1c(C(C)(C)C)[nH]c2c(C(=O)Nc3cccc(F)c3)cnn12. The second kappa shape index (κ2) is 7.70. The number of nitrogens with one attached hydrogen (secondary N) is 3. The van der Waals surface area contributed by atoms with Crippen molar-refractivity contribution in [2.24, 2.45) is 5.41 Å². The summed E-state index contributed by atoms with van der Waals surface area (Å²) in [6, 6.07) is 5.84. The van der Waals surface area contributed by atoms with E-state index >= 15 is 0 Å². The van der Waals surface area contributed by atoms with Gasteiger partial charge in [0.2, 0.25) is 0 Å². The molecule has 168 valence electrons. The number of carbonyl (C=O) groups is 1. The van der Waals surface area contributed by atoms with Crippen LogP contribution in [0.25, 0.3) is 5.65 Å². The molecule has 7 heteroatoms. The number of fused-ring (bicyclic) bond motifs is 1. The number of carbonyl (C=O) groups excluding carboxylic acids is 1. The maximum Gasteiger partial charge on any atom is 0.261 e. The van der Waals surface area contributed by atoms with E-state index in [0.29, 0.717) is 16.9 Å². The number of rotatable bonds is 5. The van der Waals surface area contributed by atoms with Crippen molar-refractivity contribution in [2.45, 2.75) is 72.8 Å². The molecule has 3 rings (SSSR count). The molecule has 0 fully saturated rings. The van der Waals surface area contributed by atoms with E-state index < -0.39 is 5.82 Å². The molecule has 6 nitrogen and oxygen atoms in total. The van der Waals surface area contributed by atoms with Crippen LogP contribution in [0, 0.1) is 11.2 Å². The molecule has 0 radical (unpaired) electrons. The highest BCUT2D eigenvalue weighted by atomic mass is 19.1. The lowest BCUT2D eigenvalue weighted by molar-refractivity contribution is 0.102. The number of hydrogen-bond acceptors (Lipinski definition) is 3. The summed E-state index contributed by atoms with van der Waals surface area (Å²) in [5.74, 6) is 0.102. The highest BCUT2D eigenvalue weighted by Crippen LogP contribution is 2.35. The van der Waals surface area contributed by atoms with Gasteiger partial charge in [-0.2, -0.15) is 9.61 Å². The van der Waals surface area contributed by atoms with Crippen LogP contribution in [0.5, 0.6) is 0 Å². The van der Waals surface area contributed by atoms with Crippen molar-refractivity contribution in [3.8, 4) is 0 Å². The topological polar surface area (TPSA) is 74.2 Å². The summed E-state index contributed by atoms with van der Waals surface area (Å²) < 4.78 is 15.2. The number of aromatic nitrogens is 3. The molecule has 0 aliphatic rings. The van der Waals surface area contributed by atoms with Gasteiger partial charge in [0.1, 0.15) is 22.8 Å². The predicted molar refractivity (Wildman–Crippen MR) is 124 cm³/mol. The lowest BCUT2D eigenvalue weighted by atomic mass is 9.81. The van der Waals surface area contributed by atoms with Crippen LogP contribution in [0.4, 0.5) is 15.9 Å². The maximum atomic E-state index is 13.5. The van der Waals surface area contributed by atoms with Crippen LogP contribution >= 0.6 is 0 Å². The van der Waals surface area contributed by atoms with Gasteiger partial charge >= 0.3 is 0 Å². The quantitative estimate of drug-likeness (QED) is 0.469.